The van der Waals surface area contributed by atoms with Gasteiger partial charge in [-0.05, 0) is 60.6 Å². The lowest BCUT2D eigenvalue weighted by Crippen LogP contribution is -2.25. The van der Waals surface area contributed by atoms with Crippen LogP contribution in [-0.2, 0) is 0 Å². The van der Waals surface area contributed by atoms with Crippen LogP contribution in [0.5, 0.6) is 0 Å². The molecular weight excluding hydrogens is 249 g/mol. The molecule has 1 aromatic carbocycles. The molecule has 0 atom stereocenters. The average molecular weight is 270 g/mol. The standard InChI is InChI=1S/C16H21F3/c1-16(2,3)12-6-4-10(5-7-12)11-8-13(17)15(19)14(18)9-11/h8-10,12H,4-7H2,1-3H3. The first-order valence-electron chi connectivity index (χ1n) is 6.93. The lowest BCUT2D eigenvalue weighted by Gasteiger charge is -2.37. The third kappa shape index (κ3) is 3.13. The zero-order chi connectivity index (χ0) is 14.2. The summed E-state index contributed by atoms with van der Waals surface area (Å²) >= 11 is 0. The first kappa shape index (κ1) is 14.4. The molecule has 1 saturated carbocycles. The fourth-order valence-electron chi connectivity index (χ4n) is 3.10. The van der Waals surface area contributed by atoms with Crippen molar-refractivity contribution in [1.29, 1.82) is 0 Å². The van der Waals surface area contributed by atoms with Crippen LogP contribution >= 0.6 is 0 Å². The molecule has 0 amide bonds. The van der Waals surface area contributed by atoms with Crippen molar-refractivity contribution in [3.05, 3.63) is 35.1 Å². The molecule has 0 aromatic heterocycles. The van der Waals surface area contributed by atoms with Crippen molar-refractivity contribution in [1.82, 2.24) is 0 Å². The maximum absolute atomic E-state index is 13.2. The zero-order valence-corrected chi connectivity index (χ0v) is 11.8. The van der Waals surface area contributed by atoms with Crippen LogP contribution in [0.15, 0.2) is 12.1 Å². The van der Waals surface area contributed by atoms with Crippen LogP contribution in [0.1, 0.15) is 57.9 Å². The molecule has 0 unspecified atom stereocenters. The van der Waals surface area contributed by atoms with E-state index in [9.17, 15) is 13.2 Å². The second-order valence-electron chi connectivity index (χ2n) is 6.71. The lowest BCUT2D eigenvalue weighted by atomic mass is 9.69. The Labute approximate surface area is 113 Å². The second kappa shape index (κ2) is 5.18. The molecule has 0 bridgehead atoms. The van der Waals surface area contributed by atoms with Crippen molar-refractivity contribution in [2.45, 2.75) is 52.4 Å². The minimum Gasteiger partial charge on any atom is -0.204 e. The Bertz CT molecular complexity index is 429. The van der Waals surface area contributed by atoms with Crippen LogP contribution in [0.4, 0.5) is 13.2 Å². The Morgan fingerprint density at radius 3 is 1.79 bits per heavy atom. The van der Waals surface area contributed by atoms with Crippen LogP contribution < -0.4 is 0 Å². The summed E-state index contributed by atoms with van der Waals surface area (Å²) in [5, 5.41) is 0. The van der Waals surface area contributed by atoms with Gasteiger partial charge in [0.2, 0.25) is 0 Å². The molecule has 0 saturated heterocycles. The maximum Gasteiger partial charge on any atom is 0.194 e. The Balaban J connectivity index is 2.10. The molecule has 19 heavy (non-hydrogen) atoms. The SMILES string of the molecule is CC(C)(C)C1CCC(c2cc(F)c(F)c(F)c2)CC1. The van der Waals surface area contributed by atoms with Gasteiger partial charge in [0.05, 0.1) is 0 Å². The van der Waals surface area contributed by atoms with Gasteiger partial charge in [0.15, 0.2) is 17.5 Å². The highest BCUT2D eigenvalue weighted by Crippen LogP contribution is 2.43. The molecule has 1 aliphatic carbocycles. The highest BCUT2D eigenvalue weighted by molar-refractivity contribution is 5.23. The number of halogens is 3. The molecule has 1 fully saturated rings. The average Bonchev–Trinajstić information content (AvgIpc) is 2.34. The molecule has 2 rings (SSSR count). The van der Waals surface area contributed by atoms with Crippen LogP contribution in [0.3, 0.4) is 0 Å². The van der Waals surface area contributed by atoms with E-state index in [0.717, 1.165) is 37.8 Å². The van der Waals surface area contributed by atoms with Crippen molar-refractivity contribution in [3.8, 4) is 0 Å². The topological polar surface area (TPSA) is 0 Å². The van der Waals surface area contributed by atoms with Gasteiger partial charge >= 0.3 is 0 Å². The summed E-state index contributed by atoms with van der Waals surface area (Å²) in [6, 6.07) is 2.31. The monoisotopic (exact) mass is 270 g/mol. The molecular formula is C16H21F3. The Hall–Kier alpha value is -0.990. The minimum atomic E-state index is -1.37. The van der Waals surface area contributed by atoms with Crippen LogP contribution in [-0.4, -0.2) is 0 Å². The quantitative estimate of drug-likeness (QED) is 0.597. The molecule has 0 N–H and O–H groups in total. The zero-order valence-electron chi connectivity index (χ0n) is 11.8. The number of hydrogen-bond acceptors (Lipinski definition) is 0. The Morgan fingerprint density at radius 2 is 1.37 bits per heavy atom. The highest BCUT2D eigenvalue weighted by atomic mass is 19.2. The molecule has 1 aliphatic rings. The van der Waals surface area contributed by atoms with E-state index in [1.54, 1.807) is 0 Å². The van der Waals surface area contributed by atoms with Crippen molar-refractivity contribution < 1.29 is 13.2 Å². The molecule has 0 aliphatic heterocycles. The van der Waals surface area contributed by atoms with Gasteiger partial charge in [-0.15, -0.1) is 0 Å². The maximum atomic E-state index is 13.2. The van der Waals surface area contributed by atoms with E-state index in [-0.39, 0.29) is 11.3 Å². The summed E-state index contributed by atoms with van der Waals surface area (Å²) < 4.78 is 39.4. The number of benzene rings is 1. The molecule has 0 spiro atoms. The minimum absolute atomic E-state index is 0.156. The van der Waals surface area contributed by atoms with E-state index in [4.69, 9.17) is 0 Å². The Kier molecular flexibility index (Phi) is 3.93. The predicted octanol–water partition coefficient (Wildman–Crippen LogP) is 5.42. The van der Waals surface area contributed by atoms with E-state index in [1.165, 1.54) is 0 Å². The number of rotatable bonds is 1. The van der Waals surface area contributed by atoms with Gasteiger partial charge in [0.1, 0.15) is 0 Å². The summed E-state index contributed by atoms with van der Waals surface area (Å²) in [6.07, 6.45) is 3.97. The van der Waals surface area contributed by atoms with Crippen molar-refractivity contribution in [3.63, 3.8) is 0 Å². The first-order chi connectivity index (χ1) is 8.79. The highest BCUT2D eigenvalue weighted by Gasteiger charge is 2.30. The van der Waals surface area contributed by atoms with Gasteiger partial charge in [-0.25, -0.2) is 13.2 Å². The van der Waals surface area contributed by atoms with Crippen molar-refractivity contribution in [2.75, 3.05) is 0 Å². The third-order valence-corrected chi connectivity index (χ3v) is 4.43. The van der Waals surface area contributed by atoms with E-state index in [1.807, 2.05) is 0 Å². The van der Waals surface area contributed by atoms with Gasteiger partial charge in [-0.2, -0.15) is 0 Å². The fourth-order valence-corrected chi connectivity index (χ4v) is 3.10. The smallest absolute Gasteiger partial charge is 0.194 e. The fraction of sp³-hybridized carbons (Fsp3) is 0.625. The van der Waals surface area contributed by atoms with Crippen LogP contribution in [0.2, 0.25) is 0 Å². The Morgan fingerprint density at radius 1 is 0.895 bits per heavy atom. The summed E-state index contributed by atoms with van der Waals surface area (Å²) in [5.41, 5.74) is 0.883. The largest absolute Gasteiger partial charge is 0.204 e. The molecule has 0 radical (unpaired) electrons. The van der Waals surface area contributed by atoms with Gasteiger partial charge < -0.3 is 0 Å². The third-order valence-electron chi connectivity index (χ3n) is 4.43. The molecule has 3 heteroatoms. The summed E-state index contributed by atoms with van der Waals surface area (Å²) in [5.74, 6) is -2.71. The summed E-state index contributed by atoms with van der Waals surface area (Å²) in [6.45, 7) is 6.69. The van der Waals surface area contributed by atoms with Crippen LogP contribution in [0, 0.1) is 28.8 Å². The molecule has 0 nitrogen and oxygen atoms in total. The van der Waals surface area contributed by atoms with Gasteiger partial charge in [0.25, 0.3) is 0 Å². The van der Waals surface area contributed by atoms with Crippen molar-refractivity contribution >= 4 is 0 Å². The first-order valence-corrected chi connectivity index (χ1v) is 6.93. The molecule has 0 heterocycles. The van der Waals surface area contributed by atoms with E-state index in [2.05, 4.69) is 20.8 Å². The van der Waals surface area contributed by atoms with E-state index in [0.29, 0.717) is 11.5 Å². The summed E-state index contributed by atoms with van der Waals surface area (Å²) in [4.78, 5) is 0. The molecule has 106 valence electrons. The van der Waals surface area contributed by atoms with Gasteiger partial charge in [0, 0.05) is 0 Å². The van der Waals surface area contributed by atoms with Gasteiger partial charge in [-0.1, -0.05) is 20.8 Å². The lowest BCUT2D eigenvalue weighted by molar-refractivity contribution is 0.169. The van der Waals surface area contributed by atoms with Gasteiger partial charge in [-0.3, -0.25) is 0 Å². The van der Waals surface area contributed by atoms with E-state index >= 15 is 0 Å². The van der Waals surface area contributed by atoms with Crippen molar-refractivity contribution in [2.24, 2.45) is 11.3 Å². The molecule has 1 aromatic rings. The van der Waals surface area contributed by atoms with Crippen LogP contribution in [0.25, 0.3) is 0 Å². The second-order valence-corrected chi connectivity index (χ2v) is 6.71. The predicted molar refractivity (Wildman–Crippen MR) is 70.5 cm³/mol. The summed E-state index contributed by atoms with van der Waals surface area (Å²) in [7, 11) is 0. The number of hydrogen-bond donors (Lipinski definition) is 0. The normalized spacial score (nSPS) is 24.5. The van der Waals surface area contributed by atoms with E-state index < -0.39 is 17.5 Å².